The molecule has 0 spiro atoms. The van der Waals surface area contributed by atoms with Gasteiger partial charge in [0.05, 0.1) is 0 Å². The number of nitrogens with one attached hydrogen (secondary N) is 2. The third kappa shape index (κ3) is 2.47. The molecule has 0 atom stereocenters. The number of aryl methyl sites for hydroxylation is 1. The third-order valence-electron chi connectivity index (χ3n) is 3.50. The molecule has 0 aromatic carbocycles. The first-order valence-electron chi connectivity index (χ1n) is 6.06. The summed E-state index contributed by atoms with van der Waals surface area (Å²) in [5, 5.41) is 17.0. The van der Waals surface area contributed by atoms with E-state index >= 15 is 0 Å². The van der Waals surface area contributed by atoms with Crippen molar-refractivity contribution in [3.8, 4) is 0 Å². The summed E-state index contributed by atoms with van der Waals surface area (Å²) >= 11 is 0. The van der Waals surface area contributed by atoms with Crippen molar-refractivity contribution < 1.29 is 37.5 Å². The van der Waals surface area contributed by atoms with Gasteiger partial charge in [0.25, 0.3) is 5.91 Å². The van der Waals surface area contributed by atoms with E-state index in [0.717, 1.165) is 11.8 Å². The van der Waals surface area contributed by atoms with E-state index in [1.165, 1.54) is 4.68 Å². The van der Waals surface area contributed by atoms with Crippen LogP contribution in [0.2, 0.25) is 0 Å². The van der Waals surface area contributed by atoms with E-state index in [4.69, 9.17) is 5.73 Å². The van der Waals surface area contributed by atoms with E-state index in [9.17, 15) is 10.2 Å². The van der Waals surface area contributed by atoms with Crippen LogP contribution in [0.5, 0.6) is 0 Å². The van der Waals surface area contributed by atoms with Gasteiger partial charge in [-0.25, -0.2) is 0 Å². The Bertz CT molecular complexity index is 600. The van der Waals surface area contributed by atoms with Gasteiger partial charge in [-0.1, -0.05) is 19.4 Å². The van der Waals surface area contributed by atoms with Crippen molar-refractivity contribution in [1.29, 1.82) is 0 Å². The molecule has 20 heavy (non-hydrogen) atoms. The Balaban J connectivity index is 0.00000200. The second-order valence-electron chi connectivity index (χ2n) is 5.35. The monoisotopic (exact) mass is 348 g/mol. The maximum atomic E-state index is 11.9. The molecule has 0 fully saturated rings. The van der Waals surface area contributed by atoms with Crippen molar-refractivity contribution in [3.63, 3.8) is 0 Å². The molecule has 1 aromatic rings. The number of amides is 1. The summed E-state index contributed by atoms with van der Waals surface area (Å²) in [5.74, 6) is -0.268. The first kappa shape index (κ1) is 17.0. The predicted molar refractivity (Wildman–Crippen MR) is 74.1 cm³/mol. The predicted octanol–water partition coefficient (Wildman–Crippen LogP) is 1.75. The number of hydrogen-bond acceptors (Lipinski definition) is 2. The van der Waals surface area contributed by atoms with E-state index in [0.29, 0.717) is 23.4 Å². The van der Waals surface area contributed by atoms with Crippen LogP contribution in [0.15, 0.2) is 11.8 Å². The van der Waals surface area contributed by atoms with Gasteiger partial charge in [0.1, 0.15) is 0 Å². The Labute approximate surface area is 143 Å². The topological polar surface area (TPSA) is 93.0 Å². The Morgan fingerprint density at radius 3 is 2.65 bits per heavy atom. The number of nitrogens with zero attached hydrogens (tertiary/aromatic N) is 3. The van der Waals surface area contributed by atoms with Gasteiger partial charge < -0.3 is 16.5 Å². The van der Waals surface area contributed by atoms with E-state index in [1.54, 1.807) is 14.1 Å². The van der Waals surface area contributed by atoms with Crippen molar-refractivity contribution in [2.75, 3.05) is 7.05 Å². The fourth-order valence-electron chi connectivity index (χ4n) is 2.63. The first-order chi connectivity index (χ1) is 8.83. The Hall–Kier alpha value is -1.01. The molecular weight excluding hydrogens is 331 g/mol. The van der Waals surface area contributed by atoms with Gasteiger partial charge in [0, 0.05) is 58.1 Å². The zero-order valence-electron chi connectivity index (χ0n) is 12.1. The van der Waals surface area contributed by atoms with Crippen molar-refractivity contribution in [2.24, 2.45) is 7.05 Å². The van der Waals surface area contributed by atoms with Gasteiger partial charge in [-0.2, -0.15) is 11.3 Å². The summed E-state index contributed by atoms with van der Waals surface area (Å²) in [6.07, 6.45) is 1.66. The van der Waals surface area contributed by atoms with Crippen LogP contribution in [0.25, 0.3) is 11.1 Å². The zero-order chi connectivity index (χ0) is 14.4. The molecule has 7 heteroatoms. The summed E-state index contributed by atoms with van der Waals surface area (Å²) < 4.78 is 1.50. The molecule has 0 saturated carbocycles. The third-order valence-corrected chi connectivity index (χ3v) is 3.50. The molecule has 2 N–H and O–H groups in total. The zero-order valence-corrected chi connectivity index (χ0v) is 14.9. The minimum Gasteiger partial charge on any atom is -0.802 e. The van der Waals surface area contributed by atoms with Gasteiger partial charge in [-0.15, -0.1) is 5.71 Å². The number of carbonyl (C=O) groups excluding carboxylic acids is 1. The van der Waals surface area contributed by atoms with Crippen LogP contribution in [0, 0.1) is 0 Å². The second-order valence-corrected chi connectivity index (χ2v) is 5.35. The summed E-state index contributed by atoms with van der Waals surface area (Å²) in [5.41, 5.74) is 9.22. The minimum atomic E-state index is -0.357. The van der Waals surface area contributed by atoms with Crippen molar-refractivity contribution >= 4 is 11.6 Å². The number of allylic oxidation sites excluding steroid dienone is 1. The molecule has 1 aliphatic carbocycles. The molecule has 1 radical (unpaired) electrons. The molecule has 0 unspecified atom stereocenters. The normalized spacial score (nSPS) is 18.4. The molecule has 2 rings (SSSR count). The fraction of sp³-hybridized carbons (Fsp3) is 0.462. The average molecular weight is 348 g/mol. The second kappa shape index (κ2) is 5.78. The van der Waals surface area contributed by atoms with Crippen LogP contribution in [0.1, 0.15) is 42.0 Å². The van der Waals surface area contributed by atoms with Crippen molar-refractivity contribution in [2.45, 2.75) is 25.7 Å². The molecule has 105 valence electrons. The molecule has 1 aliphatic rings. The largest absolute Gasteiger partial charge is 0.802 e. The summed E-state index contributed by atoms with van der Waals surface area (Å²) in [6.45, 7) is 3.96. The average Bonchev–Trinajstić information content (AvgIpc) is 2.72. The maximum Gasteiger partial charge on any atom is 0.271 e. The van der Waals surface area contributed by atoms with Gasteiger partial charge >= 0.3 is 0 Å². The molecule has 1 aromatic heterocycles. The summed E-state index contributed by atoms with van der Waals surface area (Å²) in [7, 11) is 3.24. The molecule has 6 nitrogen and oxygen atoms in total. The van der Waals surface area contributed by atoms with Crippen LogP contribution in [0.3, 0.4) is 0 Å². The van der Waals surface area contributed by atoms with E-state index in [1.807, 2.05) is 13.8 Å². The standard InChI is InChI=1S/C13H18N5O.Y/c1-13(2)5-7(6-14)9(15)11-8(13)10(12(19)16-3)17-18(11)4;/h6H,5H2,1-4H3,(H3-,14,15,16,19);/q-1;/p-1. The van der Waals surface area contributed by atoms with E-state index < -0.39 is 0 Å². The summed E-state index contributed by atoms with van der Waals surface area (Å²) in [4.78, 5) is 11.9. The number of hydrogen-bond donors (Lipinski definition) is 1. The quantitative estimate of drug-likeness (QED) is 0.837. The van der Waals surface area contributed by atoms with Crippen molar-refractivity contribution in [1.82, 2.24) is 15.1 Å². The number of fused-ring (bicyclic) bond motifs is 1. The fourth-order valence-corrected chi connectivity index (χ4v) is 2.63. The molecule has 0 saturated heterocycles. The van der Waals surface area contributed by atoms with Gasteiger partial charge in [0.2, 0.25) is 0 Å². The molecule has 0 aliphatic heterocycles. The maximum absolute atomic E-state index is 11.9. The number of aromatic nitrogens is 2. The van der Waals surface area contributed by atoms with Crippen LogP contribution in [-0.2, 0) is 45.2 Å². The molecule has 1 amide bonds. The number of rotatable bonds is 1. The number of carbonyl (C=O) groups is 1. The van der Waals surface area contributed by atoms with Crippen LogP contribution in [0.4, 0.5) is 0 Å². The van der Waals surface area contributed by atoms with Crippen LogP contribution < -0.4 is 5.32 Å². The molecule has 1 heterocycles. The Kier molecular flexibility index (Phi) is 4.92. The van der Waals surface area contributed by atoms with E-state index in [-0.39, 0.29) is 49.7 Å². The van der Waals surface area contributed by atoms with Crippen LogP contribution >= 0.6 is 0 Å². The van der Waals surface area contributed by atoms with Gasteiger partial charge in [0.15, 0.2) is 5.69 Å². The van der Waals surface area contributed by atoms with Crippen LogP contribution in [-0.4, -0.2) is 28.4 Å². The van der Waals surface area contributed by atoms with Crippen molar-refractivity contribution in [3.05, 3.63) is 39.9 Å². The Morgan fingerprint density at radius 2 is 2.15 bits per heavy atom. The molecule has 0 bridgehead atoms. The first-order valence-corrected chi connectivity index (χ1v) is 6.06. The SMILES string of the molecule is CNC(=O)c1nn(C)c2c1C(C)(C)C/C(=C/[NH-])C2=[N-].[Y]. The van der Waals surface area contributed by atoms with E-state index in [2.05, 4.69) is 10.4 Å². The Morgan fingerprint density at radius 1 is 1.55 bits per heavy atom. The molecular formula is C13H17N5OY-2. The summed E-state index contributed by atoms with van der Waals surface area (Å²) in [6, 6.07) is 0. The minimum absolute atomic E-state index is 0. The van der Waals surface area contributed by atoms with Gasteiger partial charge in [-0.3, -0.25) is 9.48 Å². The van der Waals surface area contributed by atoms with Gasteiger partial charge in [-0.05, 0) is 11.8 Å². The smallest absolute Gasteiger partial charge is 0.271 e.